The summed E-state index contributed by atoms with van der Waals surface area (Å²) in [5.41, 5.74) is 1.08. The van der Waals surface area contributed by atoms with Crippen molar-refractivity contribution in [3.63, 3.8) is 0 Å². The van der Waals surface area contributed by atoms with Crippen molar-refractivity contribution in [1.82, 2.24) is 5.32 Å². The highest BCUT2D eigenvalue weighted by molar-refractivity contribution is 7.80. The van der Waals surface area contributed by atoms with E-state index in [1.165, 1.54) is 42.5 Å². The predicted octanol–water partition coefficient (Wildman–Crippen LogP) is 3.17. The fourth-order valence-corrected chi connectivity index (χ4v) is 2.08. The third-order valence-corrected chi connectivity index (χ3v) is 3.19. The zero-order valence-corrected chi connectivity index (χ0v) is 12.8. The maximum Gasteiger partial charge on any atom is 0.272 e. The first-order chi connectivity index (χ1) is 10.9. The molecule has 2 N–H and O–H groups in total. The van der Waals surface area contributed by atoms with E-state index in [9.17, 15) is 19.3 Å². The number of rotatable bonds is 3. The Morgan fingerprint density at radius 3 is 2.43 bits per heavy atom. The Labute approximate surface area is 136 Å². The normalized spacial score (nSPS) is 10.0. The number of amides is 1. The number of hydrogen-bond acceptors (Lipinski definition) is 4. The molecule has 0 aliphatic heterocycles. The lowest BCUT2D eigenvalue weighted by molar-refractivity contribution is -0.385. The maximum atomic E-state index is 12.8. The van der Waals surface area contributed by atoms with Crippen LogP contribution in [0.2, 0.25) is 0 Å². The Hall–Kier alpha value is -2.87. The second kappa shape index (κ2) is 6.93. The monoisotopic (exact) mass is 333 g/mol. The van der Waals surface area contributed by atoms with Crippen LogP contribution in [0, 0.1) is 22.9 Å². The van der Waals surface area contributed by atoms with E-state index in [4.69, 9.17) is 12.2 Å². The third-order valence-electron chi connectivity index (χ3n) is 2.98. The van der Waals surface area contributed by atoms with Gasteiger partial charge in [-0.1, -0.05) is 0 Å². The third kappa shape index (κ3) is 4.30. The van der Waals surface area contributed by atoms with Gasteiger partial charge in [0, 0.05) is 22.9 Å². The minimum Gasteiger partial charge on any atom is -0.332 e. The van der Waals surface area contributed by atoms with E-state index >= 15 is 0 Å². The molecule has 6 nitrogen and oxygen atoms in total. The topological polar surface area (TPSA) is 84.3 Å². The van der Waals surface area contributed by atoms with Crippen molar-refractivity contribution in [2.75, 3.05) is 5.32 Å². The van der Waals surface area contributed by atoms with Gasteiger partial charge >= 0.3 is 0 Å². The first kappa shape index (κ1) is 16.5. The Morgan fingerprint density at radius 2 is 1.87 bits per heavy atom. The van der Waals surface area contributed by atoms with Crippen molar-refractivity contribution in [2.45, 2.75) is 6.92 Å². The minimum absolute atomic E-state index is 0.0395. The van der Waals surface area contributed by atoms with Crippen LogP contribution in [0.25, 0.3) is 0 Å². The molecule has 0 unspecified atom stereocenters. The Morgan fingerprint density at radius 1 is 1.22 bits per heavy atom. The number of aryl methyl sites for hydroxylation is 1. The van der Waals surface area contributed by atoms with Crippen molar-refractivity contribution >= 4 is 34.6 Å². The maximum absolute atomic E-state index is 12.8. The van der Waals surface area contributed by atoms with Crippen molar-refractivity contribution in [3.05, 3.63) is 69.5 Å². The summed E-state index contributed by atoms with van der Waals surface area (Å²) in [5.74, 6) is -0.880. The average molecular weight is 333 g/mol. The number of halogens is 1. The molecular weight excluding hydrogens is 321 g/mol. The molecule has 1 amide bonds. The molecule has 0 saturated carbocycles. The highest BCUT2D eigenvalue weighted by atomic mass is 32.1. The summed E-state index contributed by atoms with van der Waals surface area (Å²) < 4.78 is 12.8. The van der Waals surface area contributed by atoms with Crippen LogP contribution in [-0.2, 0) is 0 Å². The molecule has 0 bridgehead atoms. The molecule has 2 rings (SSSR count). The molecule has 2 aromatic rings. The molecule has 0 atom stereocenters. The van der Waals surface area contributed by atoms with E-state index in [1.54, 1.807) is 6.92 Å². The minimum atomic E-state index is -0.516. The molecule has 23 heavy (non-hydrogen) atoms. The Kier molecular flexibility index (Phi) is 4.97. The summed E-state index contributed by atoms with van der Waals surface area (Å²) >= 11 is 5.00. The van der Waals surface area contributed by atoms with E-state index < -0.39 is 10.8 Å². The Bertz CT molecular complexity index is 778. The summed E-state index contributed by atoms with van der Waals surface area (Å²) in [6.45, 7) is 1.55. The number of nitro benzene ring substituents is 1. The van der Waals surface area contributed by atoms with Crippen LogP contribution in [0.3, 0.4) is 0 Å². The second-order valence-electron chi connectivity index (χ2n) is 4.67. The number of thiocarbonyl (C=S) groups is 1. The molecule has 0 fully saturated rings. The largest absolute Gasteiger partial charge is 0.332 e. The first-order valence-electron chi connectivity index (χ1n) is 6.50. The summed E-state index contributed by atoms with van der Waals surface area (Å²) in [4.78, 5) is 22.3. The Balaban J connectivity index is 2.03. The molecule has 0 heterocycles. The van der Waals surface area contributed by atoms with Crippen molar-refractivity contribution in [2.24, 2.45) is 0 Å². The highest BCUT2D eigenvalue weighted by Crippen LogP contribution is 2.18. The molecule has 0 aromatic heterocycles. The van der Waals surface area contributed by atoms with Gasteiger partial charge in [0.25, 0.3) is 11.6 Å². The van der Waals surface area contributed by atoms with Gasteiger partial charge in [0.15, 0.2) is 5.11 Å². The second-order valence-corrected chi connectivity index (χ2v) is 5.08. The fraction of sp³-hybridized carbons (Fsp3) is 0.0667. The van der Waals surface area contributed by atoms with Gasteiger partial charge in [0.2, 0.25) is 0 Å². The van der Waals surface area contributed by atoms with Gasteiger partial charge in [0.1, 0.15) is 5.82 Å². The summed E-state index contributed by atoms with van der Waals surface area (Å²) in [6, 6.07) is 9.49. The van der Waals surface area contributed by atoms with Gasteiger partial charge in [0.05, 0.1) is 4.92 Å². The molecule has 118 valence electrons. The number of nitrogens with one attached hydrogen (secondary N) is 2. The average Bonchev–Trinajstić information content (AvgIpc) is 2.49. The van der Waals surface area contributed by atoms with Gasteiger partial charge in [-0.25, -0.2) is 4.39 Å². The van der Waals surface area contributed by atoms with Crippen LogP contribution in [0.4, 0.5) is 15.8 Å². The quantitative estimate of drug-likeness (QED) is 0.512. The molecule has 0 radical (unpaired) electrons. The number of nitro groups is 1. The number of nitrogens with zero attached hydrogens (tertiary/aromatic N) is 1. The van der Waals surface area contributed by atoms with E-state index in [1.807, 2.05) is 0 Å². The lowest BCUT2D eigenvalue weighted by Crippen LogP contribution is -2.34. The van der Waals surface area contributed by atoms with Crippen molar-refractivity contribution < 1.29 is 14.1 Å². The van der Waals surface area contributed by atoms with Crippen LogP contribution in [-0.4, -0.2) is 15.9 Å². The number of carbonyl (C=O) groups is 1. The molecule has 2 aromatic carbocycles. The van der Waals surface area contributed by atoms with Gasteiger partial charge < -0.3 is 5.32 Å². The zero-order valence-electron chi connectivity index (χ0n) is 12.0. The van der Waals surface area contributed by atoms with Gasteiger partial charge in [-0.3, -0.25) is 20.2 Å². The van der Waals surface area contributed by atoms with E-state index in [0.29, 0.717) is 11.3 Å². The summed E-state index contributed by atoms with van der Waals surface area (Å²) in [5, 5.41) is 16.0. The molecular formula is C15H12FN3O3S. The SMILES string of the molecule is Cc1cc(C(=O)NC(=S)Nc2ccc(F)cc2)ccc1[N+](=O)[O-]. The highest BCUT2D eigenvalue weighted by Gasteiger charge is 2.14. The van der Waals surface area contributed by atoms with Crippen LogP contribution in [0.15, 0.2) is 42.5 Å². The fourth-order valence-electron chi connectivity index (χ4n) is 1.87. The number of anilines is 1. The van der Waals surface area contributed by atoms with E-state index in [2.05, 4.69) is 10.6 Å². The zero-order chi connectivity index (χ0) is 17.0. The molecule has 0 spiro atoms. The van der Waals surface area contributed by atoms with Crippen LogP contribution < -0.4 is 10.6 Å². The summed E-state index contributed by atoms with van der Waals surface area (Å²) in [6.07, 6.45) is 0. The first-order valence-corrected chi connectivity index (χ1v) is 6.90. The molecule has 0 aliphatic rings. The van der Waals surface area contributed by atoms with E-state index in [0.717, 1.165) is 0 Å². The standard InChI is InChI=1S/C15H12FN3O3S/c1-9-8-10(2-7-13(9)19(21)22)14(20)18-15(23)17-12-5-3-11(16)4-6-12/h2-8H,1H3,(H2,17,18,20,23). The number of benzene rings is 2. The molecule has 8 heteroatoms. The van der Waals surface area contributed by atoms with Crippen LogP contribution >= 0.6 is 12.2 Å². The van der Waals surface area contributed by atoms with Crippen LogP contribution in [0.5, 0.6) is 0 Å². The number of carbonyl (C=O) groups excluding carboxylic acids is 1. The molecule has 0 saturated heterocycles. The van der Waals surface area contributed by atoms with Gasteiger partial charge in [-0.05, 0) is 55.5 Å². The van der Waals surface area contributed by atoms with Crippen LogP contribution in [0.1, 0.15) is 15.9 Å². The predicted molar refractivity (Wildman–Crippen MR) is 87.9 cm³/mol. The van der Waals surface area contributed by atoms with Gasteiger partial charge in [-0.2, -0.15) is 0 Å². The number of hydrogen-bond donors (Lipinski definition) is 2. The van der Waals surface area contributed by atoms with Crippen molar-refractivity contribution in [3.8, 4) is 0 Å². The lowest BCUT2D eigenvalue weighted by Gasteiger charge is -2.10. The smallest absolute Gasteiger partial charge is 0.272 e. The summed E-state index contributed by atoms with van der Waals surface area (Å²) in [7, 11) is 0. The van der Waals surface area contributed by atoms with Crippen molar-refractivity contribution in [1.29, 1.82) is 0 Å². The van der Waals surface area contributed by atoms with E-state index in [-0.39, 0.29) is 22.2 Å². The molecule has 0 aliphatic carbocycles. The van der Waals surface area contributed by atoms with Gasteiger partial charge in [-0.15, -0.1) is 0 Å². The lowest BCUT2D eigenvalue weighted by atomic mass is 10.1.